The molecule has 0 aliphatic carbocycles. The van der Waals surface area contributed by atoms with Crippen LogP contribution in [0.4, 0.5) is 11.5 Å². The number of aromatic amines is 1. The van der Waals surface area contributed by atoms with Crippen LogP contribution in [0.25, 0.3) is 11.0 Å². The summed E-state index contributed by atoms with van der Waals surface area (Å²) in [5.74, 6) is 1.05. The first-order chi connectivity index (χ1) is 19.4. The average Bonchev–Trinajstić information content (AvgIpc) is 3.35. The van der Waals surface area contributed by atoms with Gasteiger partial charge < -0.3 is 35.1 Å². The Bertz CT molecular complexity index is 1400. The summed E-state index contributed by atoms with van der Waals surface area (Å²) in [7, 11) is 4.04. The first-order valence-electron chi connectivity index (χ1n) is 12.8. The zero-order valence-corrected chi connectivity index (χ0v) is 24.0. The molecule has 0 radical (unpaired) electrons. The molecule has 0 aliphatic rings. The van der Waals surface area contributed by atoms with Crippen LogP contribution >= 0.6 is 23.4 Å². The molecule has 4 N–H and O–H groups in total. The van der Waals surface area contributed by atoms with Crippen molar-refractivity contribution >= 4 is 51.9 Å². The van der Waals surface area contributed by atoms with E-state index in [-0.39, 0.29) is 0 Å². The van der Waals surface area contributed by atoms with E-state index in [0.717, 1.165) is 47.5 Å². The van der Waals surface area contributed by atoms with E-state index in [1.165, 1.54) is 6.33 Å². The number of fused-ring (bicyclic) bond motifs is 1. The minimum absolute atomic E-state index is 0.327. The van der Waals surface area contributed by atoms with Gasteiger partial charge in [-0.1, -0.05) is 11.6 Å². The number of benzene rings is 2. The summed E-state index contributed by atoms with van der Waals surface area (Å²) >= 11 is 7.59. The van der Waals surface area contributed by atoms with E-state index in [1.54, 1.807) is 23.9 Å². The Balaban J connectivity index is 1.47. The van der Waals surface area contributed by atoms with E-state index in [2.05, 4.69) is 37.5 Å². The molecule has 0 spiro atoms. The molecule has 12 heteroatoms. The molecule has 40 heavy (non-hydrogen) atoms. The van der Waals surface area contributed by atoms with Crippen LogP contribution in [-0.4, -0.2) is 77.1 Å². The molecule has 2 aromatic heterocycles. The molecule has 0 unspecified atom stereocenters. The van der Waals surface area contributed by atoms with Crippen molar-refractivity contribution in [3.05, 3.63) is 65.6 Å². The normalized spacial score (nSPS) is 11.2. The predicted octanol–water partition coefficient (Wildman–Crippen LogP) is 5.03. The van der Waals surface area contributed by atoms with Gasteiger partial charge in [0.25, 0.3) is 0 Å². The van der Waals surface area contributed by atoms with Crippen LogP contribution in [0.5, 0.6) is 11.5 Å². The van der Waals surface area contributed by atoms with E-state index in [1.807, 2.05) is 43.6 Å². The maximum absolute atomic E-state index is 11.2. The van der Waals surface area contributed by atoms with Crippen LogP contribution in [0, 0.1) is 0 Å². The fraction of sp³-hybridized carbons (Fsp3) is 0.321. The molecule has 0 bridgehead atoms. The second-order valence-corrected chi connectivity index (χ2v) is 10.7. The minimum Gasteiger partial charge on any atom is -0.489 e. The first-order valence-corrected chi connectivity index (χ1v) is 14.2. The van der Waals surface area contributed by atoms with Gasteiger partial charge >= 0.3 is 5.97 Å². The molecule has 0 fully saturated rings. The van der Waals surface area contributed by atoms with Crippen LogP contribution < -0.4 is 20.1 Å². The largest absolute Gasteiger partial charge is 0.489 e. The van der Waals surface area contributed by atoms with E-state index in [9.17, 15) is 9.90 Å². The number of aromatic nitrogens is 3. The number of carbonyl (C=O) groups is 1. The van der Waals surface area contributed by atoms with Crippen molar-refractivity contribution in [1.82, 2.24) is 25.2 Å². The monoisotopic (exact) mass is 584 g/mol. The highest BCUT2D eigenvalue weighted by atomic mass is 35.5. The third-order valence-electron chi connectivity index (χ3n) is 5.94. The maximum Gasteiger partial charge on any atom is 0.341 e. The van der Waals surface area contributed by atoms with Crippen LogP contribution in [-0.2, 0) is 11.3 Å². The van der Waals surface area contributed by atoms with Gasteiger partial charge in [0.1, 0.15) is 17.8 Å². The maximum atomic E-state index is 11.2. The number of nitrogens with one attached hydrogen (secondary N) is 3. The fourth-order valence-corrected chi connectivity index (χ4v) is 4.93. The lowest BCUT2D eigenvalue weighted by molar-refractivity contribution is -0.139. The third kappa shape index (κ3) is 8.49. The van der Waals surface area contributed by atoms with Gasteiger partial charge in [0, 0.05) is 40.2 Å². The topological polar surface area (TPSA) is 125 Å². The highest BCUT2D eigenvalue weighted by Gasteiger charge is 2.15. The Morgan fingerprint density at radius 3 is 2.75 bits per heavy atom. The number of ether oxygens (including phenoxy) is 2. The van der Waals surface area contributed by atoms with Crippen LogP contribution in [0.1, 0.15) is 12.0 Å². The average molecular weight is 585 g/mol. The lowest BCUT2D eigenvalue weighted by Gasteiger charge is -2.17. The summed E-state index contributed by atoms with van der Waals surface area (Å²) in [5, 5.41) is 17.3. The van der Waals surface area contributed by atoms with Gasteiger partial charge in [-0.2, -0.15) is 0 Å². The number of carboxylic acids is 1. The summed E-state index contributed by atoms with van der Waals surface area (Å²) in [6.45, 7) is 2.57. The van der Waals surface area contributed by atoms with Gasteiger partial charge in [0.2, 0.25) is 0 Å². The number of anilines is 2. The molecule has 0 atom stereocenters. The standard InChI is InChI=1S/C28H33ClN6O4S/c1-30-10-3-11-35(2)16-19-15-31-27-26(19)28(33-18-32-27)34-21-6-9-23(24(14-21)39-17-25(36)37)38-12-13-40-22-7-4-20(29)5-8-22/h4-9,14-15,18,30H,3,10-13,16-17H2,1-2H3,(H,36,37)(H2,31,32,33,34). The van der Waals surface area contributed by atoms with E-state index >= 15 is 0 Å². The number of carboxylic acid groups (broad SMARTS) is 1. The summed E-state index contributed by atoms with van der Waals surface area (Å²) < 4.78 is 11.5. The van der Waals surface area contributed by atoms with Gasteiger partial charge in [-0.25, -0.2) is 14.8 Å². The van der Waals surface area contributed by atoms with Crippen molar-refractivity contribution in [3.63, 3.8) is 0 Å². The van der Waals surface area contributed by atoms with Crippen molar-refractivity contribution < 1.29 is 19.4 Å². The van der Waals surface area contributed by atoms with Gasteiger partial charge in [-0.05, 0) is 75.6 Å². The summed E-state index contributed by atoms with van der Waals surface area (Å²) in [6, 6.07) is 12.9. The third-order valence-corrected chi connectivity index (χ3v) is 7.17. The van der Waals surface area contributed by atoms with Crippen LogP contribution in [0.2, 0.25) is 5.02 Å². The molecular weight excluding hydrogens is 552 g/mol. The van der Waals surface area contributed by atoms with E-state index < -0.39 is 12.6 Å². The number of hydrogen-bond acceptors (Lipinski definition) is 9. The van der Waals surface area contributed by atoms with Gasteiger partial charge in [-0.3, -0.25) is 0 Å². The quantitative estimate of drug-likeness (QED) is 0.105. The van der Waals surface area contributed by atoms with Gasteiger partial charge in [-0.15, -0.1) is 11.8 Å². The Morgan fingerprint density at radius 2 is 1.98 bits per heavy atom. The van der Waals surface area contributed by atoms with Crippen molar-refractivity contribution in [1.29, 1.82) is 0 Å². The number of halogens is 1. The van der Waals surface area contributed by atoms with Gasteiger partial charge in [0.05, 0.1) is 12.0 Å². The lowest BCUT2D eigenvalue weighted by Crippen LogP contribution is -2.22. The van der Waals surface area contributed by atoms with Crippen LogP contribution in [0.3, 0.4) is 0 Å². The van der Waals surface area contributed by atoms with Crippen LogP contribution in [0.15, 0.2) is 59.9 Å². The second kappa shape index (κ2) is 14.8. The number of nitrogens with zero attached hydrogens (tertiary/aromatic N) is 3. The Labute approximate surface area is 242 Å². The smallest absolute Gasteiger partial charge is 0.341 e. The lowest BCUT2D eigenvalue weighted by atomic mass is 10.2. The molecule has 10 nitrogen and oxygen atoms in total. The van der Waals surface area contributed by atoms with Crippen molar-refractivity contribution in [2.75, 3.05) is 51.5 Å². The molecule has 0 saturated heterocycles. The number of rotatable bonds is 16. The van der Waals surface area contributed by atoms with Crippen molar-refractivity contribution in [2.45, 2.75) is 17.9 Å². The predicted molar refractivity (Wildman–Crippen MR) is 159 cm³/mol. The van der Waals surface area contributed by atoms with Gasteiger partial charge in [0.15, 0.2) is 18.1 Å². The molecule has 2 aromatic carbocycles. The number of hydrogen-bond donors (Lipinski definition) is 4. The number of thioether (sulfide) groups is 1. The summed E-state index contributed by atoms with van der Waals surface area (Å²) in [5.41, 5.74) is 2.49. The molecule has 0 aliphatic heterocycles. The summed E-state index contributed by atoms with van der Waals surface area (Å²) in [4.78, 5) is 26.7. The zero-order chi connectivity index (χ0) is 28.3. The number of H-pyrrole nitrogens is 1. The minimum atomic E-state index is -1.07. The fourth-order valence-electron chi connectivity index (χ4n) is 4.08. The molecule has 0 saturated carbocycles. The Morgan fingerprint density at radius 1 is 1.15 bits per heavy atom. The Hall–Kier alpha value is -3.51. The van der Waals surface area contributed by atoms with Crippen molar-refractivity contribution in [2.24, 2.45) is 0 Å². The van der Waals surface area contributed by atoms with E-state index in [4.69, 9.17) is 21.1 Å². The summed E-state index contributed by atoms with van der Waals surface area (Å²) in [6.07, 6.45) is 4.50. The molecule has 4 rings (SSSR count). The highest BCUT2D eigenvalue weighted by molar-refractivity contribution is 7.99. The zero-order valence-electron chi connectivity index (χ0n) is 22.4. The SMILES string of the molecule is CNCCCN(C)Cc1c[nH]c2ncnc(Nc3ccc(OCCSc4ccc(Cl)cc4)c(OCC(=O)O)c3)c12. The first kappa shape index (κ1) is 29.5. The molecule has 212 valence electrons. The van der Waals surface area contributed by atoms with E-state index in [0.29, 0.717) is 40.4 Å². The molecule has 4 aromatic rings. The number of aliphatic carboxylic acids is 1. The molecule has 0 amide bonds. The molecule has 2 heterocycles. The highest BCUT2D eigenvalue weighted by Crippen LogP contribution is 2.34. The molecular formula is C28H33ClN6O4S. The van der Waals surface area contributed by atoms with Crippen molar-refractivity contribution in [3.8, 4) is 11.5 Å². The Kier molecular flexibility index (Phi) is 10.9. The second-order valence-electron chi connectivity index (χ2n) is 9.07.